The van der Waals surface area contributed by atoms with E-state index in [-0.39, 0.29) is 17.8 Å². The van der Waals surface area contributed by atoms with Crippen molar-refractivity contribution in [1.82, 2.24) is 0 Å². The number of carbonyl (C=O) groups excluding carboxylic acids is 1. The van der Waals surface area contributed by atoms with Crippen LogP contribution in [-0.2, 0) is 0 Å². The third-order valence-electron chi connectivity index (χ3n) is 4.91. The summed E-state index contributed by atoms with van der Waals surface area (Å²) in [6, 6.07) is 18.4. The van der Waals surface area contributed by atoms with Crippen LogP contribution in [0.1, 0.15) is 23.4 Å². The fourth-order valence-electron chi connectivity index (χ4n) is 3.30. The fourth-order valence-corrected chi connectivity index (χ4v) is 3.43. The van der Waals surface area contributed by atoms with Crippen molar-refractivity contribution in [3.8, 4) is 11.3 Å². The monoisotopic (exact) mass is 396 g/mol. The fraction of sp³-hybridized carbons (Fsp3) is 0.227. The van der Waals surface area contributed by atoms with Crippen molar-refractivity contribution in [2.24, 2.45) is 0 Å². The molecular formula is C22H21ClN2O3. The lowest BCUT2D eigenvalue weighted by atomic mass is 10.1. The Morgan fingerprint density at radius 2 is 1.68 bits per heavy atom. The summed E-state index contributed by atoms with van der Waals surface area (Å²) in [5.41, 5.74) is 2.66. The molecular weight excluding hydrogens is 376 g/mol. The Balaban J connectivity index is 1.40. The highest BCUT2D eigenvalue weighted by Gasteiger charge is 2.17. The molecule has 0 spiro atoms. The van der Waals surface area contributed by atoms with Gasteiger partial charge in [-0.1, -0.05) is 11.6 Å². The summed E-state index contributed by atoms with van der Waals surface area (Å²) in [6.07, 6.45) is 1.38. The number of benzene rings is 2. The number of nitrogens with one attached hydrogen (secondary N) is 1. The highest BCUT2D eigenvalue weighted by atomic mass is 35.5. The number of aliphatic hydroxyl groups is 1. The predicted molar refractivity (Wildman–Crippen MR) is 111 cm³/mol. The van der Waals surface area contributed by atoms with Crippen molar-refractivity contribution >= 4 is 28.9 Å². The largest absolute Gasteiger partial charge is 0.451 e. The summed E-state index contributed by atoms with van der Waals surface area (Å²) in [7, 11) is 0. The lowest BCUT2D eigenvalue weighted by Crippen LogP contribution is -2.35. The summed E-state index contributed by atoms with van der Waals surface area (Å²) < 4.78 is 5.69. The van der Waals surface area contributed by atoms with Gasteiger partial charge in [-0.25, -0.2) is 0 Å². The van der Waals surface area contributed by atoms with E-state index in [0.717, 1.165) is 37.2 Å². The topological polar surface area (TPSA) is 65.7 Å². The second kappa shape index (κ2) is 8.09. The zero-order valence-corrected chi connectivity index (χ0v) is 16.0. The van der Waals surface area contributed by atoms with Crippen LogP contribution in [0.3, 0.4) is 0 Å². The van der Waals surface area contributed by atoms with Crippen molar-refractivity contribution in [2.45, 2.75) is 18.9 Å². The van der Waals surface area contributed by atoms with Gasteiger partial charge < -0.3 is 19.7 Å². The van der Waals surface area contributed by atoms with Crippen LogP contribution < -0.4 is 10.2 Å². The molecule has 1 fully saturated rings. The Labute approximate surface area is 168 Å². The van der Waals surface area contributed by atoms with Gasteiger partial charge in [0.05, 0.1) is 6.10 Å². The molecule has 5 nitrogen and oxygen atoms in total. The molecule has 144 valence electrons. The molecule has 1 saturated heterocycles. The normalized spacial score (nSPS) is 14.9. The maximum atomic E-state index is 12.5. The lowest BCUT2D eigenvalue weighted by molar-refractivity contribution is 0.0997. The number of amides is 1. The highest BCUT2D eigenvalue weighted by molar-refractivity contribution is 6.30. The van der Waals surface area contributed by atoms with Crippen LogP contribution in [0, 0.1) is 0 Å². The summed E-state index contributed by atoms with van der Waals surface area (Å²) in [6.45, 7) is 1.68. The molecule has 1 aliphatic heterocycles. The Morgan fingerprint density at radius 3 is 2.36 bits per heavy atom. The molecule has 1 amide bonds. The molecule has 1 aliphatic rings. The number of hydrogen-bond donors (Lipinski definition) is 2. The second-order valence-electron chi connectivity index (χ2n) is 6.89. The minimum Gasteiger partial charge on any atom is -0.451 e. The van der Waals surface area contributed by atoms with E-state index in [9.17, 15) is 9.90 Å². The minimum absolute atomic E-state index is 0.194. The predicted octanol–water partition coefficient (Wildman–Crippen LogP) is 4.81. The number of piperidine rings is 1. The molecule has 0 unspecified atom stereocenters. The van der Waals surface area contributed by atoms with Gasteiger partial charge in [-0.05, 0) is 73.5 Å². The molecule has 2 heterocycles. The van der Waals surface area contributed by atoms with Gasteiger partial charge in [0.1, 0.15) is 5.76 Å². The Hall–Kier alpha value is -2.76. The van der Waals surface area contributed by atoms with E-state index < -0.39 is 0 Å². The average Bonchev–Trinajstić information content (AvgIpc) is 3.20. The molecule has 0 atom stereocenters. The zero-order valence-electron chi connectivity index (χ0n) is 15.3. The molecule has 0 radical (unpaired) electrons. The van der Waals surface area contributed by atoms with Crippen molar-refractivity contribution in [2.75, 3.05) is 23.3 Å². The quantitative estimate of drug-likeness (QED) is 0.664. The van der Waals surface area contributed by atoms with Crippen molar-refractivity contribution < 1.29 is 14.3 Å². The molecule has 0 aliphatic carbocycles. The van der Waals surface area contributed by atoms with Gasteiger partial charge in [-0.15, -0.1) is 0 Å². The third kappa shape index (κ3) is 4.21. The molecule has 1 aromatic heterocycles. The molecule has 0 saturated carbocycles. The number of rotatable bonds is 4. The second-order valence-corrected chi connectivity index (χ2v) is 7.33. The summed E-state index contributed by atoms with van der Waals surface area (Å²) >= 11 is 5.90. The van der Waals surface area contributed by atoms with E-state index in [2.05, 4.69) is 10.2 Å². The number of halogens is 1. The van der Waals surface area contributed by atoms with Gasteiger partial charge in [0.25, 0.3) is 5.91 Å². The van der Waals surface area contributed by atoms with E-state index in [0.29, 0.717) is 16.5 Å². The third-order valence-corrected chi connectivity index (χ3v) is 5.17. The number of aliphatic hydroxyl groups excluding tert-OH is 1. The number of hydrogen-bond acceptors (Lipinski definition) is 4. The lowest BCUT2D eigenvalue weighted by Gasteiger charge is -2.31. The average molecular weight is 397 g/mol. The Morgan fingerprint density at radius 1 is 1.00 bits per heavy atom. The molecule has 6 heteroatoms. The summed E-state index contributed by atoms with van der Waals surface area (Å²) in [5.74, 6) is 0.567. The number of anilines is 2. The van der Waals surface area contributed by atoms with E-state index in [1.807, 2.05) is 36.4 Å². The van der Waals surface area contributed by atoms with E-state index in [1.54, 1.807) is 24.3 Å². The Bertz CT molecular complexity index is 943. The summed E-state index contributed by atoms with van der Waals surface area (Å²) in [5, 5.41) is 13.1. The summed E-state index contributed by atoms with van der Waals surface area (Å²) in [4.78, 5) is 14.7. The highest BCUT2D eigenvalue weighted by Crippen LogP contribution is 2.25. The van der Waals surface area contributed by atoms with Crippen LogP contribution >= 0.6 is 11.6 Å². The van der Waals surface area contributed by atoms with E-state index in [4.69, 9.17) is 16.0 Å². The van der Waals surface area contributed by atoms with Crippen molar-refractivity contribution in [1.29, 1.82) is 0 Å². The van der Waals surface area contributed by atoms with Crippen LogP contribution in [0.5, 0.6) is 0 Å². The molecule has 3 aromatic rings. The van der Waals surface area contributed by atoms with Gasteiger partial charge in [-0.3, -0.25) is 4.79 Å². The molecule has 2 N–H and O–H groups in total. The van der Waals surface area contributed by atoms with Crippen LogP contribution in [-0.4, -0.2) is 30.2 Å². The van der Waals surface area contributed by atoms with Gasteiger partial charge in [0.15, 0.2) is 5.76 Å². The van der Waals surface area contributed by atoms with Crippen molar-refractivity contribution in [3.63, 3.8) is 0 Å². The maximum absolute atomic E-state index is 12.5. The molecule has 0 bridgehead atoms. The number of furan rings is 1. The standard InChI is InChI=1S/C22H21ClN2O3/c23-16-3-1-15(2-4-16)20-9-10-21(28-20)22(27)24-17-5-7-18(8-6-17)25-13-11-19(26)12-14-25/h1-10,19,26H,11-14H2,(H,24,27). The zero-order chi connectivity index (χ0) is 19.5. The minimum atomic E-state index is -0.297. The molecule has 28 heavy (non-hydrogen) atoms. The van der Waals surface area contributed by atoms with Crippen LogP contribution in [0.2, 0.25) is 5.02 Å². The van der Waals surface area contributed by atoms with Crippen LogP contribution in [0.25, 0.3) is 11.3 Å². The van der Waals surface area contributed by atoms with Crippen LogP contribution in [0.15, 0.2) is 65.1 Å². The molecule has 2 aromatic carbocycles. The van der Waals surface area contributed by atoms with Gasteiger partial charge in [0, 0.05) is 35.1 Å². The first-order valence-corrected chi connectivity index (χ1v) is 9.66. The Kier molecular flexibility index (Phi) is 5.37. The molecule has 4 rings (SSSR count). The first-order valence-electron chi connectivity index (χ1n) is 9.29. The first kappa shape index (κ1) is 18.6. The first-order chi connectivity index (χ1) is 13.6. The van der Waals surface area contributed by atoms with E-state index >= 15 is 0 Å². The van der Waals surface area contributed by atoms with E-state index in [1.165, 1.54) is 0 Å². The maximum Gasteiger partial charge on any atom is 0.291 e. The smallest absolute Gasteiger partial charge is 0.291 e. The number of carbonyl (C=O) groups is 1. The van der Waals surface area contributed by atoms with Gasteiger partial charge in [0.2, 0.25) is 0 Å². The van der Waals surface area contributed by atoms with Crippen molar-refractivity contribution in [3.05, 3.63) is 71.4 Å². The van der Waals surface area contributed by atoms with Gasteiger partial charge >= 0.3 is 0 Å². The van der Waals surface area contributed by atoms with Crippen LogP contribution in [0.4, 0.5) is 11.4 Å². The SMILES string of the molecule is O=C(Nc1ccc(N2CCC(O)CC2)cc1)c1ccc(-c2ccc(Cl)cc2)o1. The van der Waals surface area contributed by atoms with Gasteiger partial charge in [-0.2, -0.15) is 0 Å². The number of nitrogens with zero attached hydrogens (tertiary/aromatic N) is 1.